The zero-order chi connectivity index (χ0) is 51.0. The van der Waals surface area contributed by atoms with Crippen LogP contribution in [0.4, 0.5) is 0 Å². The van der Waals surface area contributed by atoms with Crippen molar-refractivity contribution < 1.29 is 86.9 Å². The SMILES string of the molecule is C#CC.CC.CC#CC(=O)O.CC#CC(=O)OC.CC#CC(=O)OC.CO.S=S=S=S=S=S=S=S=S=S.S=S=S=S=S=S=S=S=S=S=S=S=S.S=S=S=S=S=S=S=S=S=S=S=S=S=S.[H-].[K+]. The summed E-state index contributed by atoms with van der Waals surface area (Å²) in [5.74, 6) is 13.5. The molecule has 0 radical (unpaired) electrons. The van der Waals surface area contributed by atoms with Crippen molar-refractivity contribution >= 4 is 360 Å². The average molecular weight is 1610 g/mol. The number of aliphatic carboxylic acids is 1. The van der Waals surface area contributed by atoms with E-state index in [1.54, 1.807) is 243 Å². The summed E-state index contributed by atoms with van der Waals surface area (Å²) in [4.78, 5) is 29.5. The molecule has 0 bridgehead atoms. The van der Waals surface area contributed by atoms with E-state index in [1.807, 2.05) is 19.8 Å². The monoisotopic (exact) mass is 1610 g/mol. The fraction of sp³-hybridized carbons (Fsp3) is 0.450. The first-order chi connectivity index (χ1) is 31.0. The number of carboxylic acid groups (broad SMARTS) is 1. The number of terminal acetylenes is 1. The summed E-state index contributed by atoms with van der Waals surface area (Å²) in [5, 5.41) is 14.7. The van der Waals surface area contributed by atoms with Gasteiger partial charge in [-0.1, -0.05) is 31.6 Å². The molecule has 2 N–H and O–H groups in total. The van der Waals surface area contributed by atoms with Gasteiger partial charge in [0.25, 0.3) is 0 Å². The molecule has 0 atom stereocenters. The largest absolute Gasteiger partial charge is 1.00 e. The van der Waals surface area contributed by atoms with Gasteiger partial charge in [0.2, 0.25) is 0 Å². The van der Waals surface area contributed by atoms with Gasteiger partial charge in [-0.2, -0.15) is 0 Å². The summed E-state index contributed by atoms with van der Waals surface area (Å²) in [6.45, 7) is 10.3. The number of carbonyl (C=O) groups excluding carboxylic acids is 2. The van der Waals surface area contributed by atoms with Crippen LogP contribution in [-0.4, -0.2) is 49.5 Å². The normalized spacial score (nSPS) is 6.11. The summed E-state index contributed by atoms with van der Waals surface area (Å²) >= 11 is 28.1. The topological polar surface area (TPSA) is 110 Å². The summed E-state index contributed by atoms with van der Waals surface area (Å²) in [6.07, 6.45) is 4.60. The maximum absolute atomic E-state index is 10.0. The van der Waals surface area contributed by atoms with Gasteiger partial charge in [0, 0.05) is 367 Å². The van der Waals surface area contributed by atoms with Gasteiger partial charge in [-0.3, -0.25) is 0 Å². The Labute approximate surface area is 545 Å². The molecule has 0 aromatic rings. The second-order valence-corrected chi connectivity index (χ2v) is 59.7. The third-order valence-electron chi connectivity index (χ3n) is 1.83. The number of esters is 2. The van der Waals surface area contributed by atoms with Crippen molar-refractivity contribution in [3.8, 4) is 47.9 Å². The number of carboxylic acids is 1. The molecular formula is C20H31KO7S37. The van der Waals surface area contributed by atoms with Crippen LogP contribution in [0.3, 0.4) is 0 Å². The van der Waals surface area contributed by atoms with Crippen LogP contribution >= 0.6 is 0 Å². The summed E-state index contributed by atoms with van der Waals surface area (Å²) < 4.78 is 8.36. The zero-order valence-electron chi connectivity index (χ0n) is 34.6. The van der Waals surface area contributed by atoms with Crippen molar-refractivity contribution in [2.24, 2.45) is 0 Å². The van der Waals surface area contributed by atoms with Gasteiger partial charge in [-0.25, -0.2) is 14.4 Å². The molecule has 0 aliphatic carbocycles. The van der Waals surface area contributed by atoms with E-state index >= 15 is 0 Å². The number of ether oxygens (including phenoxy) is 2. The molecule has 0 aliphatic heterocycles. The van der Waals surface area contributed by atoms with Gasteiger partial charge in [0.05, 0.1) is 14.2 Å². The van der Waals surface area contributed by atoms with Gasteiger partial charge in [-0.15, -0.1) is 12.3 Å². The van der Waals surface area contributed by atoms with Crippen LogP contribution in [-0.2, 0) is 366 Å². The third kappa shape index (κ3) is 147. The number of hydrogen-bond acceptors (Lipinski definition) is 12. The van der Waals surface area contributed by atoms with Gasteiger partial charge in [-0.05, 0) is 27.7 Å². The third-order valence-corrected chi connectivity index (χ3v) is 64.1. The summed E-state index contributed by atoms with van der Waals surface area (Å²) in [5.41, 5.74) is 0. The second-order valence-electron chi connectivity index (χ2n) is 4.81. The van der Waals surface area contributed by atoms with Crippen LogP contribution in [0.5, 0.6) is 0 Å². The Morgan fingerprint density at radius 3 is 0.615 bits per heavy atom. The van der Waals surface area contributed by atoms with Crippen LogP contribution in [0, 0.1) is 47.9 Å². The van der Waals surface area contributed by atoms with Crippen molar-refractivity contribution in [2.45, 2.75) is 41.5 Å². The molecule has 0 saturated carbocycles. The first-order valence-corrected chi connectivity index (χ1v) is 58.3. The quantitative estimate of drug-likeness (QED) is 0.131. The Morgan fingerprint density at radius 2 is 0.554 bits per heavy atom. The van der Waals surface area contributed by atoms with Crippen LogP contribution in [0.15, 0.2) is 0 Å². The summed E-state index contributed by atoms with van der Waals surface area (Å²) in [6, 6.07) is 0. The second kappa shape index (κ2) is 110. The van der Waals surface area contributed by atoms with E-state index in [-0.39, 0.29) is 52.8 Å². The molecule has 45 heteroatoms. The molecule has 65 heavy (non-hydrogen) atoms. The van der Waals surface area contributed by atoms with Gasteiger partial charge < -0.3 is 21.1 Å². The van der Waals surface area contributed by atoms with Crippen molar-refractivity contribution in [2.75, 3.05) is 21.3 Å². The number of carbonyl (C=O) groups is 3. The Morgan fingerprint density at radius 1 is 0.415 bits per heavy atom. The van der Waals surface area contributed by atoms with E-state index < -0.39 is 17.9 Å². The first-order valence-electron chi connectivity index (χ1n) is 13.0. The van der Waals surface area contributed by atoms with Gasteiger partial charge in [0.15, 0.2) is 0 Å². The number of methoxy groups -OCH3 is 2. The smallest absolute Gasteiger partial charge is 1.00 e. The maximum Gasteiger partial charge on any atom is 1.00 e. The number of aliphatic hydroxyl groups excluding tert-OH is 1. The molecule has 0 rings (SSSR count). The molecular weight excluding hydrogens is 1580 g/mol. The maximum atomic E-state index is 10.0. The number of hydrogen-bond donors (Lipinski definition) is 2. The molecule has 0 unspecified atom stereocenters. The van der Waals surface area contributed by atoms with Crippen LogP contribution < -0.4 is 51.4 Å². The molecule has 0 amide bonds. The van der Waals surface area contributed by atoms with E-state index in [1.165, 1.54) is 74.4 Å². The fourth-order valence-electron chi connectivity index (χ4n) is 0.697. The molecule has 0 aromatic carbocycles. The molecule has 0 heterocycles. The van der Waals surface area contributed by atoms with Crippen molar-refractivity contribution in [1.82, 2.24) is 0 Å². The zero-order valence-corrected chi connectivity index (χ0v) is 67.0. The standard InChI is InChI=1S/2C5H6O2.C4H4O2.C3H4.C2H6.CH4O.K.S14.S13.S10.H/c2*1-3-4-5(6)7-2;1-2-3-4(5)6;1-3-2;2*1-2;;1-3-5-7-9-11-13-14-12-10-8-6-4-2;1-3-5-7-9-11-13-12-10-8-6-4-2;1-3-5-7-9-10-8-6-4-2;/h2*1-2H3;1H3,(H,5,6);1H,2H3;1-2H3;2H,1H3;;;;;/q;;;;;;+1;;;;-1. The van der Waals surface area contributed by atoms with Crippen LogP contribution in [0.1, 0.15) is 43.0 Å². The minimum absolute atomic E-state index is 0. The average Bonchev–Trinajstić information content (AvgIpc) is 3.30. The van der Waals surface area contributed by atoms with Gasteiger partial charge >= 0.3 is 69.3 Å². The molecule has 0 aliphatic rings. The predicted molar refractivity (Wildman–Crippen MR) is 380 cm³/mol. The number of rotatable bonds is 0. The Kier molecular flexibility index (Phi) is 160. The fourth-order valence-corrected chi connectivity index (χ4v) is 69.3. The Bertz CT molecular complexity index is 2860. The van der Waals surface area contributed by atoms with Crippen molar-refractivity contribution in [3.63, 3.8) is 0 Å². The Hall–Kier alpha value is 6.39. The Balaban J connectivity index is -0.0000000603. The first kappa shape index (κ1) is 93.9. The van der Waals surface area contributed by atoms with Gasteiger partial charge in [0.1, 0.15) is 0 Å². The molecule has 7 nitrogen and oxygen atoms in total. The predicted octanol–water partition coefficient (Wildman–Crippen LogP) is -1.24. The molecule has 0 fully saturated rings. The summed E-state index contributed by atoms with van der Waals surface area (Å²) in [7, 11) is 54.3. The van der Waals surface area contributed by atoms with E-state index in [4.69, 9.17) is 55.0 Å². The van der Waals surface area contributed by atoms with Crippen LogP contribution in [0.25, 0.3) is 0 Å². The van der Waals surface area contributed by atoms with E-state index in [2.05, 4.69) is 73.8 Å². The van der Waals surface area contributed by atoms with E-state index in [9.17, 15) is 14.4 Å². The molecule has 376 valence electrons. The van der Waals surface area contributed by atoms with Crippen molar-refractivity contribution in [1.29, 1.82) is 0 Å². The van der Waals surface area contributed by atoms with E-state index in [0.29, 0.717) is 0 Å². The molecule has 0 spiro atoms. The van der Waals surface area contributed by atoms with Crippen LogP contribution in [0.2, 0.25) is 0 Å². The minimum Gasteiger partial charge on any atom is -1.00 e. The van der Waals surface area contributed by atoms with E-state index in [0.717, 1.165) is 7.11 Å². The molecule has 0 saturated heterocycles. The molecule has 0 aromatic heterocycles. The number of aliphatic hydroxyl groups is 1. The van der Waals surface area contributed by atoms with Crippen molar-refractivity contribution in [3.05, 3.63) is 0 Å². The minimum atomic E-state index is -1.07.